The molecule has 0 aliphatic heterocycles. The van der Waals surface area contributed by atoms with Crippen LogP contribution in [0.5, 0.6) is 0 Å². The van der Waals surface area contributed by atoms with E-state index in [1.165, 1.54) is 0 Å². The summed E-state index contributed by atoms with van der Waals surface area (Å²) < 4.78 is 6.59. The Morgan fingerprint density at radius 1 is 1.56 bits per heavy atom. The van der Waals surface area contributed by atoms with Crippen molar-refractivity contribution >= 4 is 23.1 Å². The van der Waals surface area contributed by atoms with E-state index in [1.807, 2.05) is 5.38 Å². The van der Waals surface area contributed by atoms with Crippen LogP contribution >= 0.6 is 11.3 Å². The number of hydrogen-bond donors (Lipinski definition) is 1. The molecule has 6 nitrogen and oxygen atoms in total. The van der Waals surface area contributed by atoms with Crippen LogP contribution in [0.25, 0.3) is 0 Å². The zero-order valence-electron chi connectivity index (χ0n) is 10.00. The van der Waals surface area contributed by atoms with E-state index in [1.54, 1.807) is 34.7 Å². The Balaban J connectivity index is 2.04. The molecule has 0 saturated carbocycles. The van der Waals surface area contributed by atoms with Crippen LogP contribution in [-0.4, -0.2) is 27.1 Å². The fourth-order valence-corrected chi connectivity index (χ4v) is 2.12. The maximum absolute atomic E-state index is 11.5. The van der Waals surface area contributed by atoms with E-state index >= 15 is 0 Å². The lowest BCUT2D eigenvalue weighted by Crippen LogP contribution is -2.10. The molecule has 0 atom stereocenters. The Kier molecular flexibility index (Phi) is 3.93. The highest BCUT2D eigenvalue weighted by molar-refractivity contribution is 7.07. The van der Waals surface area contributed by atoms with Crippen molar-refractivity contribution in [2.45, 2.75) is 19.9 Å². The van der Waals surface area contributed by atoms with Gasteiger partial charge in [-0.3, -0.25) is 0 Å². The molecule has 0 radical (unpaired) electrons. The quantitative estimate of drug-likeness (QED) is 0.826. The van der Waals surface area contributed by atoms with Gasteiger partial charge in [-0.2, -0.15) is 0 Å². The standard InChI is InChI=1S/C11H14N4O2S/c1-2-17-11(16)9-10(12)15(6-13-9)4-3-8-5-18-7-14-8/h5-7H,2-4,12H2,1H3. The van der Waals surface area contributed by atoms with Crippen molar-refractivity contribution in [3.8, 4) is 0 Å². The van der Waals surface area contributed by atoms with Gasteiger partial charge in [-0.1, -0.05) is 0 Å². The average molecular weight is 266 g/mol. The maximum Gasteiger partial charge on any atom is 0.360 e. The van der Waals surface area contributed by atoms with E-state index in [2.05, 4.69) is 9.97 Å². The van der Waals surface area contributed by atoms with Gasteiger partial charge in [0, 0.05) is 18.3 Å². The summed E-state index contributed by atoms with van der Waals surface area (Å²) in [6.45, 7) is 2.69. The first-order valence-electron chi connectivity index (χ1n) is 5.57. The van der Waals surface area contributed by atoms with Crippen molar-refractivity contribution in [2.24, 2.45) is 0 Å². The second-order valence-electron chi connectivity index (χ2n) is 3.62. The van der Waals surface area contributed by atoms with Gasteiger partial charge in [0.05, 0.1) is 24.1 Å². The number of carbonyl (C=O) groups is 1. The fourth-order valence-electron chi connectivity index (χ4n) is 1.52. The highest BCUT2D eigenvalue weighted by atomic mass is 32.1. The summed E-state index contributed by atoms with van der Waals surface area (Å²) in [7, 11) is 0. The van der Waals surface area contributed by atoms with Gasteiger partial charge in [-0.15, -0.1) is 11.3 Å². The van der Waals surface area contributed by atoms with Gasteiger partial charge in [-0.25, -0.2) is 14.8 Å². The normalized spacial score (nSPS) is 10.5. The molecule has 2 N–H and O–H groups in total. The summed E-state index contributed by atoms with van der Waals surface area (Å²) in [5.74, 6) is -0.147. The number of aryl methyl sites for hydroxylation is 2. The Morgan fingerprint density at radius 2 is 2.39 bits per heavy atom. The molecule has 2 aromatic heterocycles. The zero-order valence-corrected chi connectivity index (χ0v) is 10.8. The Bertz CT molecular complexity index is 521. The summed E-state index contributed by atoms with van der Waals surface area (Å²) in [6.07, 6.45) is 2.31. The van der Waals surface area contributed by atoms with Gasteiger partial charge < -0.3 is 15.0 Å². The number of nitrogens with zero attached hydrogens (tertiary/aromatic N) is 3. The summed E-state index contributed by atoms with van der Waals surface area (Å²) in [5.41, 5.74) is 8.83. The molecule has 0 spiro atoms. The summed E-state index contributed by atoms with van der Waals surface area (Å²) in [6, 6.07) is 0. The van der Waals surface area contributed by atoms with Crippen LogP contribution in [0.3, 0.4) is 0 Å². The predicted molar refractivity (Wildman–Crippen MR) is 68.4 cm³/mol. The molecule has 96 valence electrons. The van der Waals surface area contributed by atoms with Crippen molar-refractivity contribution in [3.63, 3.8) is 0 Å². The van der Waals surface area contributed by atoms with Gasteiger partial charge >= 0.3 is 5.97 Å². The molecule has 2 aromatic rings. The van der Waals surface area contributed by atoms with Crippen molar-refractivity contribution in [3.05, 3.63) is 28.6 Å². The van der Waals surface area contributed by atoms with Crippen LogP contribution in [-0.2, 0) is 17.7 Å². The highest BCUT2D eigenvalue weighted by Crippen LogP contribution is 2.13. The van der Waals surface area contributed by atoms with Crippen molar-refractivity contribution in [1.82, 2.24) is 14.5 Å². The number of hydrogen-bond acceptors (Lipinski definition) is 6. The predicted octanol–water partition coefficient (Wildman–Crippen LogP) is 1.34. The van der Waals surface area contributed by atoms with Crippen LogP contribution < -0.4 is 5.73 Å². The van der Waals surface area contributed by atoms with E-state index in [9.17, 15) is 4.79 Å². The third-order valence-corrected chi connectivity index (χ3v) is 3.07. The molecule has 18 heavy (non-hydrogen) atoms. The van der Waals surface area contributed by atoms with Crippen LogP contribution in [0, 0.1) is 0 Å². The monoisotopic (exact) mass is 266 g/mol. The minimum atomic E-state index is -0.484. The first kappa shape index (κ1) is 12.6. The van der Waals surface area contributed by atoms with Crippen LogP contribution in [0.1, 0.15) is 23.1 Å². The number of aromatic nitrogens is 3. The number of nitrogen functional groups attached to an aromatic ring is 1. The summed E-state index contributed by atoms with van der Waals surface area (Å²) in [5, 5.41) is 1.99. The molecule has 0 amide bonds. The average Bonchev–Trinajstić information content (AvgIpc) is 2.96. The molecule has 0 unspecified atom stereocenters. The minimum absolute atomic E-state index is 0.176. The van der Waals surface area contributed by atoms with E-state index in [0.29, 0.717) is 19.0 Å². The minimum Gasteiger partial charge on any atom is -0.461 e. The molecule has 7 heteroatoms. The van der Waals surface area contributed by atoms with E-state index < -0.39 is 5.97 Å². The molecule has 0 fully saturated rings. The number of ether oxygens (including phenoxy) is 1. The first-order valence-corrected chi connectivity index (χ1v) is 6.51. The van der Waals surface area contributed by atoms with Gasteiger partial charge in [-0.05, 0) is 6.92 Å². The third-order valence-electron chi connectivity index (χ3n) is 2.44. The van der Waals surface area contributed by atoms with Gasteiger partial charge in [0.1, 0.15) is 5.82 Å². The fraction of sp³-hybridized carbons (Fsp3) is 0.364. The molecular formula is C11H14N4O2S. The van der Waals surface area contributed by atoms with E-state index in [-0.39, 0.29) is 5.69 Å². The van der Waals surface area contributed by atoms with E-state index in [0.717, 1.165) is 12.1 Å². The van der Waals surface area contributed by atoms with Crippen LogP contribution in [0.15, 0.2) is 17.2 Å². The number of thiazole rings is 1. The number of imidazole rings is 1. The SMILES string of the molecule is CCOC(=O)c1ncn(CCc2cscn2)c1N. The van der Waals surface area contributed by atoms with Crippen molar-refractivity contribution in [2.75, 3.05) is 12.3 Å². The molecular weight excluding hydrogens is 252 g/mol. The second-order valence-corrected chi connectivity index (χ2v) is 4.34. The van der Waals surface area contributed by atoms with Gasteiger partial charge in [0.15, 0.2) is 5.69 Å². The zero-order chi connectivity index (χ0) is 13.0. The van der Waals surface area contributed by atoms with Gasteiger partial charge in [0.2, 0.25) is 0 Å². The molecule has 2 heterocycles. The van der Waals surface area contributed by atoms with Crippen molar-refractivity contribution in [1.29, 1.82) is 0 Å². The third kappa shape index (κ3) is 2.67. The molecule has 0 aliphatic rings. The summed E-state index contributed by atoms with van der Waals surface area (Å²) in [4.78, 5) is 19.7. The van der Waals surface area contributed by atoms with Gasteiger partial charge in [0.25, 0.3) is 0 Å². The topological polar surface area (TPSA) is 83.0 Å². The lowest BCUT2D eigenvalue weighted by atomic mass is 10.3. The number of rotatable bonds is 5. The van der Waals surface area contributed by atoms with Crippen molar-refractivity contribution < 1.29 is 9.53 Å². The first-order chi connectivity index (χ1) is 8.72. The lowest BCUT2D eigenvalue weighted by Gasteiger charge is -2.04. The smallest absolute Gasteiger partial charge is 0.360 e. The molecule has 0 aromatic carbocycles. The number of anilines is 1. The second kappa shape index (κ2) is 5.63. The highest BCUT2D eigenvalue weighted by Gasteiger charge is 2.16. The van der Waals surface area contributed by atoms with E-state index in [4.69, 9.17) is 10.5 Å². The van der Waals surface area contributed by atoms with Crippen LogP contribution in [0.4, 0.5) is 5.82 Å². The molecule has 2 rings (SSSR count). The summed E-state index contributed by atoms with van der Waals surface area (Å²) >= 11 is 1.55. The Hall–Kier alpha value is -1.89. The Labute approximate surface area is 108 Å². The largest absolute Gasteiger partial charge is 0.461 e. The van der Waals surface area contributed by atoms with Crippen LogP contribution in [0.2, 0.25) is 0 Å². The lowest BCUT2D eigenvalue weighted by molar-refractivity contribution is 0.0521. The number of esters is 1. The molecule has 0 saturated heterocycles. The Morgan fingerprint density at radius 3 is 3.06 bits per heavy atom. The molecule has 0 bridgehead atoms. The molecule has 0 aliphatic carbocycles. The maximum atomic E-state index is 11.5. The number of carbonyl (C=O) groups excluding carboxylic acids is 1. The number of nitrogens with two attached hydrogens (primary N) is 1.